The van der Waals surface area contributed by atoms with Crippen molar-refractivity contribution in [2.45, 2.75) is 31.2 Å². The van der Waals surface area contributed by atoms with Gasteiger partial charge in [-0.05, 0) is 37.9 Å². The fraction of sp³-hybridized carbons (Fsp3) is 0.421. The van der Waals surface area contributed by atoms with Gasteiger partial charge in [0.15, 0.2) is 11.4 Å². The predicted octanol–water partition coefficient (Wildman–Crippen LogP) is 2.59. The largest absolute Gasteiger partial charge is 0.493 e. The zero-order chi connectivity index (χ0) is 18.4. The molecule has 0 amide bonds. The van der Waals surface area contributed by atoms with Crippen LogP contribution in [0.4, 0.5) is 10.2 Å². The van der Waals surface area contributed by atoms with Crippen molar-refractivity contribution in [3.8, 4) is 17.0 Å². The molecule has 27 heavy (non-hydrogen) atoms. The zero-order valence-electron chi connectivity index (χ0n) is 15.1. The molecule has 140 valence electrons. The summed E-state index contributed by atoms with van der Waals surface area (Å²) in [4.78, 5) is 9.28. The molecule has 0 radical (unpaired) electrons. The lowest BCUT2D eigenvalue weighted by molar-refractivity contribution is 0.403. The summed E-state index contributed by atoms with van der Waals surface area (Å²) < 4.78 is 21.7. The van der Waals surface area contributed by atoms with Crippen LogP contribution in [0.3, 0.4) is 0 Å². The van der Waals surface area contributed by atoms with Gasteiger partial charge in [-0.15, -0.1) is 0 Å². The van der Waals surface area contributed by atoms with E-state index in [0.29, 0.717) is 29.0 Å². The van der Waals surface area contributed by atoms with Crippen molar-refractivity contribution in [1.82, 2.24) is 24.9 Å². The molecule has 8 heteroatoms. The summed E-state index contributed by atoms with van der Waals surface area (Å²) in [6.07, 6.45) is 6.65. The van der Waals surface area contributed by atoms with E-state index in [1.807, 2.05) is 6.20 Å². The van der Waals surface area contributed by atoms with Gasteiger partial charge < -0.3 is 15.4 Å². The number of nitrogens with one attached hydrogen (secondary N) is 2. The molecule has 7 nitrogen and oxygen atoms in total. The molecule has 5 rings (SSSR count). The molecule has 1 aliphatic carbocycles. The van der Waals surface area contributed by atoms with Gasteiger partial charge in [0.25, 0.3) is 0 Å². The highest BCUT2D eigenvalue weighted by atomic mass is 19.1. The Morgan fingerprint density at radius 3 is 2.89 bits per heavy atom. The number of rotatable bonds is 5. The lowest BCUT2D eigenvalue weighted by Gasteiger charge is -2.13. The first-order valence-corrected chi connectivity index (χ1v) is 9.29. The van der Waals surface area contributed by atoms with Crippen LogP contribution in [-0.4, -0.2) is 45.8 Å². The van der Waals surface area contributed by atoms with Gasteiger partial charge >= 0.3 is 0 Å². The Balaban J connectivity index is 1.57. The molecule has 1 saturated heterocycles. The van der Waals surface area contributed by atoms with Crippen LogP contribution in [0, 0.1) is 5.82 Å². The lowest BCUT2D eigenvalue weighted by atomic mass is 10.2. The van der Waals surface area contributed by atoms with Gasteiger partial charge in [-0.3, -0.25) is 0 Å². The third-order valence-corrected chi connectivity index (χ3v) is 5.18. The second-order valence-corrected chi connectivity index (χ2v) is 7.16. The predicted molar refractivity (Wildman–Crippen MR) is 99.6 cm³/mol. The number of fused-ring (bicyclic) bond motifs is 1. The summed E-state index contributed by atoms with van der Waals surface area (Å²) >= 11 is 0. The molecule has 0 bridgehead atoms. The fourth-order valence-electron chi connectivity index (χ4n) is 3.58. The monoisotopic (exact) mass is 368 g/mol. The Morgan fingerprint density at radius 2 is 2.15 bits per heavy atom. The highest BCUT2D eigenvalue weighted by Crippen LogP contribution is 2.43. The number of anilines is 1. The van der Waals surface area contributed by atoms with E-state index in [-0.39, 0.29) is 11.5 Å². The van der Waals surface area contributed by atoms with Crippen molar-refractivity contribution >= 4 is 11.5 Å². The number of pyridine rings is 1. The number of halogens is 1. The quantitative estimate of drug-likeness (QED) is 0.721. The highest BCUT2D eigenvalue weighted by molar-refractivity contribution is 5.76. The van der Waals surface area contributed by atoms with E-state index in [1.165, 1.54) is 6.07 Å². The van der Waals surface area contributed by atoms with Gasteiger partial charge in [-0.2, -0.15) is 5.10 Å². The van der Waals surface area contributed by atoms with Crippen LogP contribution in [0.25, 0.3) is 16.9 Å². The van der Waals surface area contributed by atoms with Crippen molar-refractivity contribution in [3.63, 3.8) is 0 Å². The summed E-state index contributed by atoms with van der Waals surface area (Å²) in [7, 11) is 1.63. The zero-order valence-corrected chi connectivity index (χ0v) is 15.1. The third-order valence-electron chi connectivity index (χ3n) is 5.18. The molecule has 2 N–H and O–H groups in total. The minimum atomic E-state index is -0.384. The minimum Gasteiger partial charge on any atom is -0.493 e. The number of hydrogen-bond acceptors (Lipinski definition) is 6. The average molecular weight is 368 g/mol. The van der Waals surface area contributed by atoms with Crippen molar-refractivity contribution in [2.75, 3.05) is 25.5 Å². The van der Waals surface area contributed by atoms with Crippen molar-refractivity contribution < 1.29 is 9.13 Å². The van der Waals surface area contributed by atoms with E-state index in [9.17, 15) is 4.39 Å². The maximum atomic E-state index is 14.6. The number of nitrogens with zero attached hydrogens (tertiary/aromatic N) is 4. The lowest BCUT2D eigenvalue weighted by Crippen LogP contribution is -2.22. The minimum absolute atomic E-state index is 0.264. The molecule has 3 aromatic heterocycles. The SMILES string of the molecule is COc1cn2ncc(-c3nc(NC4CCNC4)ccc3F)c2nc1C1CC1. The number of aromatic nitrogens is 4. The molecule has 4 heterocycles. The van der Waals surface area contributed by atoms with Crippen LogP contribution in [0.5, 0.6) is 5.75 Å². The molecule has 1 saturated carbocycles. The molecule has 2 aliphatic rings. The fourth-order valence-corrected chi connectivity index (χ4v) is 3.58. The molecule has 2 fully saturated rings. The second kappa shape index (κ2) is 6.45. The first-order chi connectivity index (χ1) is 13.2. The van der Waals surface area contributed by atoms with E-state index in [1.54, 1.807) is 23.9 Å². The van der Waals surface area contributed by atoms with Crippen LogP contribution in [0.15, 0.2) is 24.5 Å². The maximum Gasteiger partial charge on any atom is 0.165 e. The van der Waals surface area contributed by atoms with Gasteiger partial charge in [0.05, 0.1) is 30.8 Å². The van der Waals surface area contributed by atoms with E-state index < -0.39 is 0 Å². The molecule has 0 aromatic carbocycles. The second-order valence-electron chi connectivity index (χ2n) is 7.16. The first kappa shape index (κ1) is 16.4. The van der Waals surface area contributed by atoms with Crippen LogP contribution in [0.2, 0.25) is 0 Å². The van der Waals surface area contributed by atoms with E-state index >= 15 is 0 Å². The first-order valence-electron chi connectivity index (χ1n) is 9.29. The summed E-state index contributed by atoms with van der Waals surface area (Å²) in [6.45, 7) is 1.87. The average Bonchev–Trinajstić information content (AvgIpc) is 3.25. The van der Waals surface area contributed by atoms with Crippen LogP contribution >= 0.6 is 0 Å². The van der Waals surface area contributed by atoms with Crippen LogP contribution < -0.4 is 15.4 Å². The third kappa shape index (κ3) is 2.99. The highest BCUT2D eigenvalue weighted by Gasteiger charge is 2.30. The molecule has 1 aliphatic heterocycles. The van der Waals surface area contributed by atoms with Gasteiger partial charge in [-0.1, -0.05) is 0 Å². The maximum absolute atomic E-state index is 14.6. The van der Waals surface area contributed by atoms with E-state index in [0.717, 1.165) is 43.8 Å². The normalized spacial score (nSPS) is 19.6. The Bertz CT molecular complexity index is 993. The molecule has 1 unspecified atom stereocenters. The van der Waals surface area contributed by atoms with Crippen molar-refractivity contribution in [1.29, 1.82) is 0 Å². The summed E-state index contributed by atoms with van der Waals surface area (Å²) in [5, 5.41) is 11.0. The summed E-state index contributed by atoms with van der Waals surface area (Å²) in [5.41, 5.74) is 2.37. The van der Waals surface area contributed by atoms with Crippen LogP contribution in [-0.2, 0) is 0 Å². The van der Waals surface area contributed by atoms with E-state index in [4.69, 9.17) is 9.72 Å². The standard InChI is InChI=1S/C19H21FN6O/c1-27-15-10-26-19(25-17(15)11-2-3-11)13(9-22-26)18-14(20)4-5-16(24-18)23-12-6-7-21-8-12/h4-5,9-12,21H,2-3,6-8H2,1H3,(H,23,24). The van der Waals surface area contributed by atoms with Crippen molar-refractivity contribution in [2.24, 2.45) is 0 Å². The molecular weight excluding hydrogens is 347 g/mol. The van der Waals surface area contributed by atoms with E-state index in [2.05, 4.69) is 20.7 Å². The molecule has 3 aromatic rings. The smallest absolute Gasteiger partial charge is 0.165 e. The molecule has 1 atom stereocenters. The Hall–Kier alpha value is -2.74. The van der Waals surface area contributed by atoms with Gasteiger partial charge in [0, 0.05) is 18.5 Å². The van der Waals surface area contributed by atoms with Gasteiger partial charge in [0.2, 0.25) is 0 Å². The Labute approximate surface area is 156 Å². The Kier molecular flexibility index (Phi) is 3.93. The van der Waals surface area contributed by atoms with Gasteiger partial charge in [-0.25, -0.2) is 18.9 Å². The van der Waals surface area contributed by atoms with Crippen LogP contribution in [0.1, 0.15) is 30.9 Å². The number of ether oxygens (including phenoxy) is 1. The van der Waals surface area contributed by atoms with Gasteiger partial charge in [0.1, 0.15) is 17.3 Å². The molecular formula is C19H21FN6O. The topological polar surface area (TPSA) is 76.4 Å². The molecule has 0 spiro atoms. The summed E-state index contributed by atoms with van der Waals surface area (Å²) in [6, 6.07) is 3.43. The Morgan fingerprint density at radius 1 is 1.26 bits per heavy atom. The summed E-state index contributed by atoms with van der Waals surface area (Å²) in [5.74, 6) is 1.41. The number of methoxy groups -OCH3 is 1. The van der Waals surface area contributed by atoms with Crippen molar-refractivity contribution in [3.05, 3.63) is 36.0 Å². The number of hydrogen-bond donors (Lipinski definition) is 2.